The number of halogens is 5. The minimum absolute atomic E-state index is 0.0132. The van der Waals surface area contributed by atoms with Crippen LogP contribution >= 0.6 is 0 Å². The average molecular weight is 628 g/mol. The number of amides is 1. The molecule has 3 aromatic rings. The van der Waals surface area contributed by atoms with Gasteiger partial charge < -0.3 is 19.4 Å². The fourth-order valence-corrected chi connectivity index (χ4v) is 5.71. The van der Waals surface area contributed by atoms with Crippen LogP contribution in [0.3, 0.4) is 0 Å². The van der Waals surface area contributed by atoms with Gasteiger partial charge in [-0.15, -0.1) is 5.10 Å². The zero-order chi connectivity index (χ0) is 31.4. The van der Waals surface area contributed by atoms with Gasteiger partial charge in [0.1, 0.15) is 24.3 Å². The van der Waals surface area contributed by atoms with Gasteiger partial charge in [-0.25, -0.2) is 22.8 Å². The van der Waals surface area contributed by atoms with Gasteiger partial charge in [-0.1, -0.05) is 30.3 Å². The number of nitrogens with zero attached hydrogens (tertiary/aromatic N) is 6. The van der Waals surface area contributed by atoms with E-state index in [-0.39, 0.29) is 47.8 Å². The summed E-state index contributed by atoms with van der Waals surface area (Å²) >= 11 is 0. The maximum Gasteiger partial charge on any atom is 0.388 e. The summed E-state index contributed by atoms with van der Waals surface area (Å²) in [7, 11) is 1.52. The number of hydrogen-bond acceptors (Lipinski definition) is 6. The minimum atomic E-state index is -3.20. The summed E-state index contributed by atoms with van der Waals surface area (Å²) in [5.41, 5.74) is 1.02. The predicted octanol–water partition coefficient (Wildman–Crippen LogP) is 5.07. The van der Waals surface area contributed by atoms with Crippen molar-refractivity contribution in [2.24, 2.45) is 13.0 Å². The zero-order valence-electron chi connectivity index (χ0n) is 23.7. The van der Waals surface area contributed by atoms with Crippen LogP contribution in [0.2, 0.25) is 0 Å². The standard InChI is InChI=1S/C30H26F5N7O3/c1-40-13-19(28(39-40)45-30(34)35)21-17-8-5-9-41(11-15-6-3-2-4-7-15)26(17)37-23(21)22-24(25(32)33)38-42-12-16(14-44-29(22)42)36-27(43)18-10-20(18)31/h2-9,13,16,18,20,25,30H,10-12,14H2,1H3,(H,36,43)/t16-,18-,20+/m0/s1. The summed E-state index contributed by atoms with van der Waals surface area (Å²) in [5, 5.41) is 10.9. The van der Waals surface area contributed by atoms with Gasteiger partial charge in [0.15, 0.2) is 0 Å². The number of aryl methyl sites for hydroxylation is 1. The highest BCUT2D eigenvalue weighted by Gasteiger charge is 2.45. The van der Waals surface area contributed by atoms with Crippen LogP contribution in [0, 0.1) is 5.92 Å². The molecular formula is C30H26F5N7O3. The lowest BCUT2D eigenvalue weighted by atomic mass is 9.98. The van der Waals surface area contributed by atoms with E-state index < -0.39 is 48.6 Å². The number of alkyl halides is 5. The van der Waals surface area contributed by atoms with Crippen molar-refractivity contribution in [2.45, 2.75) is 44.8 Å². The Balaban J connectivity index is 1.38. The molecule has 0 saturated heterocycles. The molecule has 1 saturated carbocycles. The maximum absolute atomic E-state index is 14.7. The van der Waals surface area contributed by atoms with Crippen molar-refractivity contribution in [3.8, 4) is 45.5 Å². The fourth-order valence-electron chi connectivity index (χ4n) is 5.71. The monoisotopic (exact) mass is 627 g/mol. The molecular weight excluding hydrogens is 601 g/mol. The third-order valence-electron chi connectivity index (χ3n) is 7.81. The van der Waals surface area contributed by atoms with Crippen LogP contribution in [0.5, 0.6) is 11.8 Å². The SMILES string of the molecule is Cn1cc(-c2c3cccn(Cc4ccccc4)c-3nc2-c2c(C(F)F)nn3c2OC[C@@H](NC(=O)[C@H]2C[C@H]2F)C3)c(OC(F)F)n1. The summed E-state index contributed by atoms with van der Waals surface area (Å²) in [6.45, 7) is -2.92. The summed E-state index contributed by atoms with van der Waals surface area (Å²) in [6, 6.07) is 12.3. The van der Waals surface area contributed by atoms with Crippen LogP contribution in [0.15, 0.2) is 54.9 Å². The Morgan fingerprint density at radius 2 is 1.87 bits per heavy atom. The number of pyridine rings is 1. The van der Waals surface area contributed by atoms with Gasteiger partial charge in [0.05, 0.1) is 35.3 Å². The van der Waals surface area contributed by atoms with Crippen LogP contribution in [0.1, 0.15) is 24.1 Å². The van der Waals surface area contributed by atoms with Gasteiger partial charge in [0.2, 0.25) is 17.7 Å². The van der Waals surface area contributed by atoms with Gasteiger partial charge in [-0.05, 0) is 24.1 Å². The number of nitrogens with one attached hydrogen (secondary N) is 1. The van der Waals surface area contributed by atoms with Crippen molar-refractivity contribution >= 4 is 5.91 Å². The number of fused-ring (bicyclic) bond motifs is 2. The number of aromatic nitrogens is 6. The lowest BCUT2D eigenvalue weighted by molar-refractivity contribution is -0.123. The molecule has 2 aromatic heterocycles. The molecule has 1 aromatic carbocycles. The summed E-state index contributed by atoms with van der Waals surface area (Å²) < 4.78 is 84.7. The molecule has 5 heterocycles. The molecule has 1 N–H and O–H groups in total. The van der Waals surface area contributed by atoms with Crippen molar-refractivity contribution < 1.29 is 36.2 Å². The number of carbonyl (C=O) groups is 1. The number of hydrogen-bond donors (Lipinski definition) is 1. The third-order valence-corrected chi connectivity index (χ3v) is 7.81. The largest absolute Gasteiger partial charge is 0.475 e. The zero-order valence-corrected chi connectivity index (χ0v) is 23.7. The average Bonchev–Trinajstić information content (AvgIpc) is 3.29. The van der Waals surface area contributed by atoms with Crippen LogP contribution < -0.4 is 14.8 Å². The molecule has 45 heavy (non-hydrogen) atoms. The molecule has 15 heteroatoms. The highest BCUT2D eigenvalue weighted by atomic mass is 19.3. The molecule has 234 valence electrons. The van der Waals surface area contributed by atoms with Crippen LogP contribution in [-0.4, -0.2) is 60.5 Å². The quantitative estimate of drug-likeness (QED) is 0.229. The third kappa shape index (κ3) is 5.36. The normalized spacial score (nSPS) is 19.2. The molecule has 3 aliphatic heterocycles. The van der Waals surface area contributed by atoms with E-state index in [4.69, 9.17) is 14.5 Å². The Morgan fingerprint density at radius 3 is 2.58 bits per heavy atom. The van der Waals surface area contributed by atoms with E-state index in [2.05, 4.69) is 15.5 Å². The molecule has 0 unspecified atom stereocenters. The van der Waals surface area contributed by atoms with Crippen LogP contribution in [0.25, 0.3) is 33.8 Å². The van der Waals surface area contributed by atoms with E-state index in [1.54, 1.807) is 18.3 Å². The Bertz CT molecular complexity index is 1840. The minimum Gasteiger partial charge on any atom is -0.475 e. The molecule has 10 nitrogen and oxygen atoms in total. The molecule has 0 bridgehead atoms. The van der Waals surface area contributed by atoms with Crippen LogP contribution in [-0.2, 0) is 24.9 Å². The summed E-state index contributed by atoms with van der Waals surface area (Å²) in [6.07, 6.45) is -0.890. The molecule has 1 fully saturated rings. The van der Waals surface area contributed by atoms with Gasteiger partial charge in [0.25, 0.3) is 6.43 Å². The van der Waals surface area contributed by atoms with Crippen molar-refractivity contribution in [1.29, 1.82) is 0 Å². The highest BCUT2D eigenvalue weighted by molar-refractivity contribution is 5.97. The Morgan fingerprint density at radius 1 is 1.09 bits per heavy atom. The van der Waals surface area contributed by atoms with Crippen molar-refractivity contribution in [3.63, 3.8) is 0 Å². The van der Waals surface area contributed by atoms with Crippen LogP contribution in [0.4, 0.5) is 22.0 Å². The van der Waals surface area contributed by atoms with E-state index in [9.17, 15) is 26.7 Å². The molecule has 1 aliphatic carbocycles. The lowest BCUT2D eigenvalue weighted by Gasteiger charge is -2.25. The second kappa shape index (κ2) is 11.2. The Labute approximate surface area is 252 Å². The molecule has 0 spiro atoms. The first-order chi connectivity index (χ1) is 21.7. The number of ether oxygens (including phenoxy) is 2. The summed E-state index contributed by atoms with van der Waals surface area (Å²) in [4.78, 5) is 17.2. The highest BCUT2D eigenvalue weighted by Crippen LogP contribution is 2.50. The maximum atomic E-state index is 14.7. The topological polar surface area (TPSA) is 101 Å². The van der Waals surface area contributed by atoms with E-state index in [1.165, 1.54) is 22.6 Å². The number of benzene rings is 1. The first kappa shape index (κ1) is 28.8. The second-order valence-corrected chi connectivity index (χ2v) is 11.0. The van der Waals surface area contributed by atoms with E-state index in [1.807, 2.05) is 34.9 Å². The molecule has 1 amide bonds. The Hall–Kier alpha value is -4.95. The molecule has 7 rings (SSSR count). The van der Waals surface area contributed by atoms with E-state index in [0.29, 0.717) is 17.9 Å². The van der Waals surface area contributed by atoms with Gasteiger partial charge in [-0.2, -0.15) is 13.9 Å². The Kier molecular flexibility index (Phi) is 7.17. The van der Waals surface area contributed by atoms with Gasteiger partial charge in [-0.3, -0.25) is 9.48 Å². The van der Waals surface area contributed by atoms with Gasteiger partial charge in [0, 0.05) is 37.1 Å². The van der Waals surface area contributed by atoms with Crippen molar-refractivity contribution in [1.82, 2.24) is 34.4 Å². The van der Waals surface area contributed by atoms with Crippen molar-refractivity contribution in [2.75, 3.05) is 6.61 Å². The number of rotatable bonds is 9. The fraction of sp³-hybridized carbons (Fsp3) is 0.333. The molecule has 3 atom stereocenters. The van der Waals surface area contributed by atoms with E-state index >= 15 is 0 Å². The first-order valence-electron chi connectivity index (χ1n) is 14.2. The molecule has 4 aliphatic rings. The second-order valence-electron chi connectivity index (χ2n) is 11.0. The smallest absolute Gasteiger partial charge is 0.388 e. The predicted molar refractivity (Wildman–Crippen MR) is 150 cm³/mol. The van der Waals surface area contributed by atoms with Crippen molar-refractivity contribution in [3.05, 3.63) is 66.1 Å². The van der Waals surface area contributed by atoms with E-state index in [0.717, 1.165) is 5.56 Å². The lowest BCUT2D eigenvalue weighted by Crippen LogP contribution is -2.45. The molecule has 0 radical (unpaired) electrons. The van der Waals surface area contributed by atoms with Gasteiger partial charge >= 0.3 is 6.61 Å². The number of carbonyl (C=O) groups excluding carboxylic acids is 1. The first-order valence-corrected chi connectivity index (χ1v) is 14.2. The summed E-state index contributed by atoms with van der Waals surface area (Å²) in [5.74, 6) is -1.24.